The molecule has 0 unspecified atom stereocenters. The molecule has 1 N–H and O–H groups in total. The van der Waals surface area contributed by atoms with E-state index in [1.807, 2.05) is 0 Å². The predicted octanol–water partition coefficient (Wildman–Crippen LogP) is 2.05. The van der Waals surface area contributed by atoms with Crippen LogP contribution in [0.4, 0.5) is 13.2 Å². The Kier molecular flexibility index (Phi) is 6.01. The molecule has 0 bridgehead atoms. The highest BCUT2D eigenvalue weighted by Crippen LogP contribution is 2.18. The number of amides is 1. The van der Waals surface area contributed by atoms with E-state index in [1.54, 1.807) is 0 Å². The van der Waals surface area contributed by atoms with Crippen LogP contribution in [0, 0.1) is 17.5 Å². The van der Waals surface area contributed by atoms with Crippen molar-refractivity contribution in [1.82, 2.24) is 9.62 Å². The highest BCUT2D eigenvalue weighted by molar-refractivity contribution is 7.89. The van der Waals surface area contributed by atoms with Gasteiger partial charge in [0.05, 0.1) is 23.7 Å². The van der Waals surface area contributed by atoms with Crippen molar-refractivity contribution in [2.45, 2.75) is 11.4 Å². The number of rotatable bonds is 5. The van der Waals surface area contributed by atoms with Crippen LogP contribution in [0.1, 0.15) is 15.9 Å². The lowest BCUT2D eigenvalue weighted by Crippen LogP contribution is -2.40. The minimum absolute atomic E-state index is 0.0465. The lowest BCUT2D eigenvalue weighted by Gasteiger charge is -2.26. The van der Waals surface area contributed by atoms with Crippen molar-refractivity contribution in [1.29, 1.82) is 0 Å². The van der Waals surface area contributed by atoms with Crippen LogP contribution in [-0.2, 0) is 21.3 Å². The summed E-state index contributed by atoms with van der Waals surface area (Å²) in [7, 11) is -3.63. The van der Waals surface area contributed by atoms with Gasteiger partial charge in [-0.3, -0.25) is 4.79 Å². The van der Waals surface area contributed by atoms with Gasteiger partial charge in [-0.15, -0.1) is 0 Å². The van der Waals surface area contributed by atoms with Gasteiger partial charge in [0.25, 0.3) is 5.91 Å². The Morgan fingerprint density at radius 3 is 2.29 bits per heavy atom. The first-order valence-electron chi connectivity index (χ1n) is 8.39. The molecule has 1 heterocycles. The first-order chi connectivity index (χ1) is 13.3. The zero-order chi connectivity index (χ0) is 20.3. The maximum Gasteiger partial charge on any atom is 0.254 e. The number of halogens is 3. The standard InChI is InChI=1S/C18H17F3N2O4S/c19-15-6-5-14(16(20)17(15)21)18(24)22-11-12-1-3-13(4-2-12)28(25,26)23-7-9-27-10-8-23/h1-6H,7-11H2,(H,22,24). The number of hydrogen-bond donors (Lipinski definition) is 1. The Balaban J connectivity index is 1.66. The summed E-state index contributed by atoms with van der Waals surface area (Å²) in [6.07, 6.45) is 0. The Morgan fingerprint density at radius 2 is 1.64 bits per heavy atom. The van der Waals surface area contributed by atoms with Gasteiger partial charge in [0.1, 0.15) is 0 Å². The van der Waals surface area contributed by atoms with Gasteiger partial charge in [-0.2, -0.15) is 4.31 Å². The number of nitrogens with zero attached hydrogens (tertiary/aromatic N) is 1. The maximum absolute atomic E-state index is 13.6. The zero-order valence-corrected chi connectivity index (χ0v) is 15.4. The molecular weight excluding hydrogens is 397 g/mol. The molecule has 1 amide bonds. The average Bonchev–Trinajstić information content (AvgIpc) is 2.71. The van der Waals surface area contributed by atoms with Crippen molar-refractivity contribution in [2.24, 2.45) is 0 Å². The van der Waals surface area contributed by atoms with Crippen molar-refractivity contribution in [3.05, 3.63) is 65.0 Å². The van der Waals surface area contributed by atoms with Crippen molar-refractivity contribution >= 4 is 15.9 Å². The molecule has 6 nitrogen and oxygen atoms in total. The van der Waals surface area contributed by atoms with Crippen LogP contribution >= 0.6 is 0 Å². The second-order valence-corrected chi connectivity index (χ2v) is 8.00. The number of carbonyl (C=O) groups excluding carboxylic acids is 1. The number of morpholine rings is 1. The summed E-state index contributed by atoms with van der Waals surface area (Å²) in [4.78, 5) is 12.1. The third kappa shape index (κ3) is 4.18. The molecule has 1 aliphatic rings. The first-order valence-corrected chi connectivity index (χ1v) is 9.83. The molecule has 1 saturated heterocycles. The Labute approximate surface area is 160 Å². The third-order valence-electron chi connectivity index (χ3n) is 4.26. The molecule has 2 aromatic rings. The molecular formula is C18H17F3N2O4S. The lowest BCUT2D eigenvalue weighted by atomic mass is 10.1. The Morgan fingerprint density at radius 1 is 1.00 bits per heavy atom. The number of ether oxygens (including phenoxy) is 1. The number of nitrogens with one attached hydrogen (secondary N) is 1. The van der Waals surface area contributed by atoms with Gasteiger partial charge < -0.3 is 10.1 Å². The molecule has 1 fully saturated rings. The topological polar surface area (TPSA) is 75.7 Å². The van der Waals surface area contributed by atoms with Gasteiger partial charge in [0.2, 0.25) is 10.0 Å². The van der Waals surface area contributed by atoms with E-state index in [2.05, 4.69) is 5.32 Å². The monoisotopic (exact) mass is 414 g/mol. The summed E-state index contributed by atoms with van der Waals surface area (Å²) < 4.78 is 71.4. The molecule has 0 atom stereocenters. The van der Waals surface area contributed by atoms with E-state index in [-0.39, 0.29) is 24.5 Å². The van der Waals surface area contributed by atoms with Crippen molar-refractivity contribution in [2.75, 3.05) is 26.3 Å². The van der Waals surface area contributed by atoms with E-state index in [4.69, 9.17) is 4.74 Å². The summed E-state index contributed by atoms with van der Waals surface area (Å²) in [5.74, 6) is -5.58. The Bertz CT molecular complexity index is 975. The van der Waals surface area contributed by atoms with E-state index in [0.29, 0.717) is 24.8 Å². The van der Waals surface area contributed by atoms with E-state index in [0.717, 1.165) is 6.07 Å². The van der Waals surface area contributed by atoms with Crippen LogP contribution < -0.4 is 5.32 Å². The highest BCUT2D eigenvalue weighted by atomic mass is 32.2. The number of hydrogen-bond acceptors (Lipinski definition) is 4. The molecule has 2 aromatic carbocycles. The van der Waals surface area contributed by atoms with Gasteiger partial charge in [-0.1, -0.05) is 12.1 Å². The van der Waals surface area contributed by atoms with E-state index >= 15 is 0 Å². The van der Waals surface area contributed by atoms with Crippen LogP contribution in [0.2, 0.25) is 0 Å². The molecule has 0 aromatic heterocycles. The SMILES string of the molecule is O=C(NCc1ccc(S(=O)(=O)N2CCOCC2)cc1)c1ccc(F)c(F)c1F. The quantitative estimate of drug-likeness (QED) is 0.760. The summed E-state index contributed by atoms with van der Waals surface area (Å²) >= 11 is 0. The minimum Gasteiger partial charge on any atom is -0.379 e. The molecule has 28 heavy (non-hydrogen) atoms. The summed E-state index contributed by atoms with van der Waals surface area (Å²) in [6.45, 7) is 1.18. The molecule has 3 rings (SSSR count). The maximum atomic E-state index is 13.6. The first kappa shape index (κ1) is 20.3. The van der Waals surface area contributed by atoms with Gasteiger partial charge in [0.15, 0.2) is 17.5 Å². The third-order valence-corrected chi connectivity index (χ3v) is 6.18. The highest BCUT2D eigenvalue weighted by Gasteiger charge is 2.26. The Hall–Kier alpha value is -2.43. The number of benzene rings is 2. The van der Waals surface area contributed by atoms with Crippen LogP contribution in [-0.4, -0.2) is 44.9 Å². The molecule has 150 valence electrons. The molecule has 0 spiro atoms. The molecule has 10 heteroatoms. The smallest absolute Gasteiger partial charge is 0.254 e. The summed E-state index contributed by atoms with van der Waals surface area (Å²) in [5, 5.41) is 2.38. The fourth-order valence-electron chi connectivity index (χ4n) is 2.69. The summed E-state index contributed by atoms with van der Waals surface area (Å²) in [5.41, 5.74) is -0.0670. The van der Waals surface area contributed by atoms with Gasteiger partial charge in [0, 0.05) is 19.6 Å². The average molecular weight is 414 g/mol. The normalized spacial score (nSPS) is 15.4. The number of carbonyl (C=O) groups is 1. The molecule has 0 saturated carbocycles. The van der Waals surface area contributed by atoms with Gasteiger partial charge >= 0.3 is 0 Å². The number of sulfonamides is 1. The fraction of sp³-hybridized carbons (Fsp3) is 0.278. The molecule has 1 aliphatic heterocycles. The van der Waals surface area contributed by atoms with E-state index in [9.17, 15) is 26.4 Å². The van der Waals surface area contributed by atoms with Crippen molar-refractivity contribution in [3.63, 3.8) is 0 Å². The minimum atomic E-state index is -3.63. The van der Waals surface area contributed by atoms with Crippen LogP contribution in [0.25, 0.3) is 0 Å². The zero-order valence-electron chi connectivity index (χ0n) is 14.6. The second kappa shape index (κ2) is 8.29. The van der Waals surface area contributed by atoms with Crippen molar-refractivity contribution in [3.8, 4) is 0 Å². The van der Waals surface area contributed by atoms with E-state index < -0.39 is 38.9 Å². The van der Waals surface area contributed by atoms with Crippen LogP contribution in [0.5, 0.6) is 0 Å². The van der Waals surface area contributed by atoms with Crippen LogP contribution in [0.3, 0.4) is 0 Å². The molecule has 0 radical (unpaired) electrons. The van der Waals surface area contributed by atoms with Crippen LogP contribution in [0.15, 0.2) is 41.3 Å². The van der Waals surface area contributed by atoms with Gasteiger partial charge in [-0.25, -0.2) is 21.6 Å². The summed E-state index contributed by atoms with van der Waals surface area (Å²) in [6, 6.07) is 7.35. The second-order valence-electron chi connectivity index (χ2n) is 6.07. The fourth-order valence-corrected chi connectivity index (χ4v) is 4.10. The van der Waals surface area contributed by atoms with Gasteiger partial charge in [-0.05, 0) is 29.8 Å². The largest absolute Gasteiger partial charge is 0.379 e. The van der Waals surface area contributed by atoms with Crippen molar-refractivity contribution < 1.29 is 31.1 Å². The predicted molar refractivity (Wildman–Crippen MR) is 93.5 cm³/mol. The lowest BCUT2D eigenvalue weighted by molar-refractivity contribution is 0.0730. The van der Waals surface area contributed by atoms with E-state index in [1.165, 1.54) is 28.6 Å². The molecule has 0 aliphatic carbocycles.